The molecule has 198 valence electrons. The van der Waals surface area contributed by atoms with Gasteiger partial charge in [-0.05, 0) is 50.2 Å². The van der Waals surface area contributed by atoms with Gasteiger partial charge in [-0.3, -0.25) is 13.9 Å². The van der Waals surface area contributed by atoms with Gasteiger partial charge in [0.05, 0.1) is 37.1 Å². The first-order chi connectivity index (χ1) is 17.6. The number of benzene rings is 1. The number of nitrogens with one attached hydrogen (secondary N) is 1. The summed E-state index contributed by atoms with van der Waals surface area (Å²) in [6.07, 6.45) is 4.71. The highest BCUT2D eigenvalue weighted by atomic mass is 19.1. The Hall–Kier alpha value is -3.24. The van der Waals surface area contributed by atoms with Crippen LogP contribution in [0.25, 0.3) is 11.3 Å². The fraction of sp³-hybridized carbons (Fsp3) is 0.519. The molecule has 2 unspecified atom stereocenters. The maximum Gasteiger partial charge on any atom is 0.333 e. The summed E-state index contributed by atoms with van der Waals surface area (Å²) in [6, 6.07) is 7.67. The van der Waals surface area contributed by atoms with Crippen LogP contribution in [-0.4, -0.2) is 43.0 Å². The van der Waals surface area contributed by atoms with Crippen molar-refractivity contribution in [3.05, 3.63) is 69.6 Å². The number of rotatable bonds is 9. The van der Waals surface area contributed by atoms with Crippen LogP contribution in [0.5, 0.6) is 5.75 Å². The van der Waals surface area contributed by atoms with E-state index in [-0.39, 0.29) is 23.5 Å². The molecule has 1 aromatic carbocycles. The van der Waals surface area contributed by atoms with Gasteiger partial charge in [-0.15, -0.1) is 0 Å². The van der Waals surface area contributed by atoms with Crippen LogP contribution < -0.4 is 16.0 Å². The zero-order valence-electron chi connectivity index (χ0n) is 21.3. The lowest BCUT2D eigenvalue weighted by Crippen LogP contribution is -2.45. The van der Waals surface area contributed by atoms with Crippen LogP contribution in [-0.2, 0) is 11.3 Å². The molecule has 2 aliphatic rings. The molecule has 0 amide bonds. The van der Waals surface area contributed by atoms with Gasteiger partial charge in [0.1, 0.15) is 11.9 Å². The molecule has 3 aromatic rings. The van der Waals surface area contributed by atoms with E-state index in [0.717, 1.165) is 45.2 Å². The van der Waals surface area contributed by atoms with E-state index in [1.807, 2.05) is 45.0 Å². The van der Waals surface area contributed by atoms with E-state index in [1.165, 1.54) is 0 Å². The van der Waals surface area contributed by atoms with E-state index in [9.17, 15) is 19.1 Å². The van der Waals surface area contributed by atoms with E-state index in [0.29, 0.717) is 19.4 Å². The minimum absolute atomic E-state index is 0.0384. The third-order valence-electron chi connectivity index (χ3n) is 7.99. The van der Waals surface area contributed by atoms with Gasteiger partial charge in [-0.1, -0.05) is 26.0 Å². The average Bonchev–Trinajstić information content (AvgIpc) is 3.43. The van der Waals surface area contributed by atoms with E-state index in [2.05, 4.69) is 9.97 Å². The van der Waals surface area contributed by atoms with Gasteiger partial charge in [0, 0.05) is 17.5 Å². The second kappa shape index (κ2) is 9.57. The number of ether oxygens (including phenoxy) is 2. The monoisotopic (exact) mass is 512 g/mol. The van der Waals surface area contributed by atoms with Crippen molar-refractivity contribution in [2.75, 3.05) is 6.61 Å². The van der Waals surface area contributed by atoms with Gasteiger partial charge in [0.15, 0.2) is 6.23 Å². The van der Waals surface area contributed by atoms with Crippen molar-refractivity contribution in [1.82, 2.24) is 19.1 Å². The number of aromatic nitrogens is 4. The summed E-state index contributed by atoms with van der Waals surface area (Å²) in [4.78, 5) is 32.9. The summed E-state index contributed by atoms with van der Waals surface area (Å²) >= 11 is 0. The van der Waals surface area contributed by atoms with Crippen LogP contribution in [0.15, 0.2) is 52.6 Å². The molecule has 2 N–H and O–H groups in total. The molecule has 10 heteroatoms. The van der Waals surface area contributed by atoms with E-state index in [4.69, 9.17) is 9.47 Å². The SMILES string of the molecule is C[C@H]1OC(n2cc(F)c(=O)n(CCC(C)(C)CCOc3ccccc3-c3cnc[nH]3)c2=O)C(O)C12CC2. The third kappa shape index (κ3) is 4.75. The van der Waals surface area contributed by atoms with Crippen molar-refractivity contribution < 1.29 is 19.0 Å². The molecule has 3 heterocycles. The fourth-order valence-electron chi connectivity index (χ4n) is 5.17. The second-order valence-electron chi connectivity index (χ2n) is 10.9. The lowest BCUT2D eigenvalue weighted by atomic mass is 9.86. The van der Waals surface area contributed by atoms with Crippen molar-refractivity contribution in [3.8, 4) is 17.0 Å². The van der Waals surface area contributed by atoms with Gasteiger partial charge >= 0.3 is 5.69 Å². The number of imidazole rings is 1. The Morgan fingerprint density at radius 2 is 2.03 bits per heavy atom. The van der Waals surface area contributed by atoms with Crippen LogP contribution in [0.1, 0.15) is 52.7 Å². The fourth-order valence-corrected chi connectivity index (χ4v) is 5.17. The number of aromatic amines is 1. The Morgan fingerprint density at radius 1 is 1.27 bits per heavy atom. The summed E-state index contributed by atoms with van der Waals surface area (Å²) < 4.78 is 28.5. The van der Waals surface area contributed by atoms with Gasteiger partial charge in [0.2, 0.25) is 5.82 Å². The van der Waals surface area contributed by atoms with Crippen molar-refractivity contribution >= 4 is 0 Å². The quantitative estimate of drug-likeness (QED) is 0.454. The Labute approximate surface area is 213 Å². The van der Waals surface area contributed by atoms with E-state index in [1.54, 1.807) is 12.5 Å². The molecule has 1 aliphatic heterocycles. The molecule has 5 rings (SSSR count). The zero-order chi connectivity index (χ0) is 26.4. The number of halogens is 1. The predicted octanol–water partition coefficient (Wildman–Crippen LogP) is 3.48. The molecule has 0 bridgehead atoms. The summed E-state index contributed by atoms with van der Waals surface area (Å²) in [7, 11) is 0. The lowest BCUT2D eigenvalue weighted by molar-refractivity contribution is -0.0364. The first kappa shape index (κ1) is 25.4. The number of hydrogen-bond acceptors (Lipinski definition) is 6. The summed E-state index contributed by atoms with van der Waals surface area (Å²) in [5.74, 6) is -0.319. The molecule has 1 saturated heterocycles. The van der Waals surface area contributed by atoms with Crippen LogP contribution in [0.2, 0.25) is 0 Å². The molecule has 1 saturated carbocycles. The van der Waals surface area contributed by atoms with Crippen molar-refractivity contribution in [2.45, 2.75) is 71.4 Å². The highest BCUT2D eigenvalue weighted by Gasteiger charge is 2.62. The van der Waals surface area contributed by atoms with Gasteiger partial charge in [0.25, 0.3) is 5.56 Å². The standard InChI is InChI=1S/C27H33FN4O5/c1-17-27(8-9-27)22(33)24(37-17)32-15-19(28)23(34)31(25(32)35)12-10-26(2,3)11-13-36-21-7-5-4-6-18(21)20-14-29-16-30-20/h4-7,14-17,22,24,33H,8-13H2,1-3H3,(H,29,30)/t17-,22?,24?/m1/s1. The molecular formula is C27H33FN4O5. The predicted molar refractivity (Wildman–Crippen MR) is 135 cm³/mol. The van der Waals surface area contributed by atoms with Gasteiger partial charge in [-0.2, -0.15) is 4.39 Å². The number of hydrogen-bond donors (Lipinski definition) is 2. The molecule has 2 aromatic heterocycles. The molecule has 2 fully saturated rings. The number of H-pyrrole nitrogens is 1. The molecular weight excluding hydrogens is 479 g/mol. The Morgan fingerprint density at radius 3 is 2.70 bits per heavy atom. The Balaban J connectivity index is 1.26. The zero-order valence-corrected chi connectivity index (χ0v) is 21.3. The molecule has 0 radical (unpaired) electrons. The van der Waals surface area contributed by atoms with Gasteiger partial charge < -0.3 is 19.6 Å². The minimum atomic E-state index is -1.05. The number of aliphatic hydroxyl groups excluding tert-OH is 1. The maximum atomic E-state index is 14.6. The van der Waals surface area contributed by atoms with Crippen LogP contribution >= 0.6 is 0 Å². The normalized spacial score (nSPS) is 22.5. The third-order valence-corrected chi connectivity index (χ3v) is 7.99. The number of aliphatic hydroxyl groups is 1. The lowest BCUT2D eigenvalue weighted by Gasteiger charge is -2.26. The Bertz CT molecular complexity index is 1380. The Kier molecular flexibility index (Phi) is 6.57. The van der Waals surface area contributed by atoms with E-state index < -0.39 is 29.4 Å². The first-order valence-corrected chi connectivity index (χ1v) is 12.7. The van der Waals surface area contributed by atoms with Crippen LogP contribution in [0.4, 0.5) is 4.39 Å². The summed E-state index contributed by atoms with van der Waals surface area (Å²) in [5, 5.41) is 10.8. The smallest absolute Gasteiger partial charge is 0.333 e. The highest BCUT2D eigenvalue weighted by molar-refractivity contribution is 5.66. The minimum Gasteiger partial charge on any atom is -0.493 e. The van der Waals surface area contributed by atoms with Crippen LogP contribution in [0.3, 0.4) is 0 Å². The largest absolute Gasteiger partial charge is 0.493 e. The topological polar surface area (TPSA) is 111 Å². The van der Waals surface area contributed by atoms with Crippen molar-refractivity contribution in [2.24, 2.45) is 10.8 Å². The number of nitrogens with zero attached hydrogens (tertiary/aromatic N) is 3. The molecule has 37 heavy (non-hydrogen) atoms. The molecule has 1 spiro atoms. The number of para-hydroxylation sites is 1. The molecule has 9 nitrogen and oxygen atoms in total. The summed E-state index contributed by atoms with van der Waals surface area (Å²) in [5.41, 5.74) is -0.579. The van der Waals surface area contributed by atoms with Gasteiger partial charge in [-0.25, -0.2) is 9.78 Å². The summed E-state index contributed by atoms with van der Waals surface area (Å²) in [6.45, 7) is 6.34. The first-order valence-electron chi connectivity index (χ1n) is 12.7. The second-order valence-corrected chi connectivity index (χ2v) is 10.9. The average molecular weight is 513 g/mol. The molecule has 1 aliphatic carbocycles. The van der Waals surface area contributed by atoms with Crippen molar-refractivity contribution in [3.63, 3.8) is 0 Å². The molecule has 3 atom stereocenters. The maximum absolute atomic E-state index is 14.6. The highest BCUT2D eigenvalue weighted by Crippen LogP contribution is 2.60. The van der Waals surface area contributed by atoms with Crippen LogP contribution in [0, 0.1) is 16.6 Å². The van der Waals surface area contributed by atoms with Crippen molar-refractivity contribution in [1.29, 1.82) is 0 Å². The van der Waals surface area contributed by atoms with E-state index >= 15 is 0 Å².